The zero-order valence-electron chi connectivity index (χ0n) is 12.1. The van der Waals surface area contributed by atoms with Gasteiger partial charge in [-0.15, -0.1) is 0 Å². The van der Waals surface area contributed by atoms with E-state index in [1.165, 1.54) is 12.1 Å². The summed E-state index contributed by atoms with van der Waals surface area (Å²) in [7, 11) is 0. The molecule has 7 heteroatoms. The van der Waals surface area contributed by atoms with E-state index in [4.69, 9.17) is 4.52 Å². The molecule has 21 heavy (non-hydrogen) atoms. The summed E-state index contributed by atoms with van der Waals surface area (Å²) in [6.45, 7) is 5.08. The van der Waals surface area contributed by atoms with Gasteiger partial charge in [-0.1, -0.05) is 24.2 Å². The maximum atomic E-state index is 10.8. The third-order valence-electron chi connectivity index (χ3n) is 3.13. The number of aryl methyl sites for hydroxylation is 1. The molecule has 0 aliphatic heterocycles. The molecule has 0 amide bonds. The van der Waals surface area contributed by atoms with Gasteiger partial charge in [0.2, 0.25) is 11.7 Å². The molecule has 0 bridgehead atoms. The molecule has 2 aromatic rings. The topological polar surface area (TPSA) is 94.1 Å². The normalized spacial score (nSPS) is 12.3. The van der Waals surface area contributed by atoms with Crippen LogP contribution in [-0.2, 0) is 6.42 Å². The fraction of sp³-hybridized carbons (Fsp3) is 0.429. The van der Waals surface area contributed by atoms with E-state index in [9.17, 15) is 10.1 Å². The van der Waals surface area contributed by atoms with Crippen molar-refractivity contribution in [3.05, 3.63) is 40.3 Å². The number of nitro groups is 1. The molecule has 1 heterocycles. The Balaban J connectivity index is 2.06. The van der Waals surface area contributed by atoms with Crippen LogP contribution in [-0.4, -0.2) is 27.7 Å². The minimum Gasteiger partial charge on any atom is -0.339 e. The second-order valence-corrected chi connectivity index (χ2v) is 4.82. The molecule has 0 radical (unpaired) electrons. The summed E-state index contributed by atoms with van der Waals surface area (Å²) in [5, 5.41) is 18.0. The maximum Gasteiger partial charge on any atom is 0.270 e. The number of nitrogens with zero attached hydrogens (tertiary/aromatic N) is 3. The minimum absolute atomic E-state index is 0.0135. The highest BCUT2D eigenvalue weighted by Gasteiger charge is 2.13. The fourth-order valence-electron chi connectivity index (χ4n) is 2.02. The Kier molecular flexibility index (Phi) is 4.99. The number of benzene rings is 1. The van der Waals surface area contributed by atoms with Crippen molar-refractivity contribution in [2.75, 3.05) is 6.54 Å². The van der Waals surface area contributed by atoms with Crippen LogP contribution in [0.2, 0.25) is 0 Å². The van der Waals surface area contributed by atoms with E-state index in [0.29, 0.717) is 29.7 Å². The average molecular weight is 290 g/mol. The highest BCUT2D eigenvalue weighted by atomic mass is 16.6. The third kappa shape index (κ3) is 4.09. The number of hydrogen-bond acceptors (Lipinski definition) is 6. The molecule has 112 valence electrons. The zero-order valence-corrected chi connectivity index (χ0v) is 12.1. The van der Waals surface area contributed by atoms with E-state index in [1.807, 2.05) is 0 Å². The van der Waals surface area contributed by atoms with E-state index in [0.717, 1.165) is 13.0 Å². The Hall–Kier alpha value is -2.28. The number of nitro benzene ring substituents is 1. The molecule has 7 nitrogen and oxygen atoms in total. The van der Waals surface area contributed by atoms with Gasteiger partial charge in [-0.25, -0.2) is 0 Å². The highest BCUT2D eigenvalue weighted by Crippen LogP contribution is 2.21. The van der Waals surface area contributed by atoms with Crippen LogP contribution in [0.4, 0.5) is 5.69 Å². The van der Waals surface area contributed by atoms with E-state index in [-0.39, 0.29) is 5.69 Å². The summed E-state index contributed by atoms with van der Waals surface area (Å²) in [5.74, 6) is 0.922. The van der Waals surface area contributed by atoms with Crippen molar-refractivity contribution in [3.63, 3.8) is 0 Å². The summed E-state index contributed by atoms with van der Waals surface area (Å²) >= 11 is 0. The summed E-state index contributed by atoms with van der Waals surface area (Å²) in [6.07, 6.45) is 1.57. The monoisotopic (exact) mass is 290 g/mol. The molecule has 1 unspecified atom stereocenters. The van der Waals surface area contributed by atoms with Crippen LogP contribution >= 0.6 is 0 Å². The molecular weight excluding hydrogens is 272 g/mol. The van der Waals surface area contributed by atoms with Crippen LogP contribution in [0.3, 0.4) is 0 Å². The highest BCUT2D eigenvalue weighted by molar-refractivity contribution is 5.58. The van der Waals surface area contributed by atoms with E-state index in [2.05, 4.69) is 29.3 Å². The summed E-state index contributed by atoms with van der Waals surface area (Å²) < 4.78 is 5.19. The maximum absolute atomic E-state index is 10.8. The molecule has 0 aliphatic rings. The van der Waals surface area contributed by atoms with Gasteiger partial charge in [0.1, 0.15) is 0 Å². The van der Waals surface area contributed by atoms with Crippen LogP contribution in [0.15, 0.2) is 28.8 Å². The minimum atomic E-state index is -0.442. The second-order valence-electron chi connectivity index (χ2n) is 4.82. The summed E-state index contributed by atoms with van der Waals surface area (Å²) in [5.41, 5.74) is 0.596. The Morgan fingerprint density at radius 2 is 2.29 bits per heavy atom. The quantitative estimate of drug-likeness (QED) is 0.622. The van der Waals surface area contributed by atoms with Crippen LogP contribution in [0.25, 0.3) is 11.4 Å². The molecule has 0 fully saturated rings. The number of rotatable bonds is 7. The van der Waals surface area contributed by atoms with Gasteiger partial charge in [0.05, 0.1) is 4.92 Å². The van der Waals surface area contributed by atoms with Crippen molar-refractivity contribution in [2.45, 2.75) is 32.7 Å². The lowest BCUT2D eigenvalue weighted by Crippen LogP contribution is -2.25. The Bertz CT molecular complexity index is 612. The zero-order chi connectivity index (χ0) is 15.2. The first-order valence-electron chi connectivity index (χ1n) is 6.91. The van der Waals surface area contributed by atoms with Crippen molar-refractivity contribution < 1.29 is 9.45 Å². The van der Waals surface area contributed by atoms with Crippen LogP contribution in [0.5, 0.6) is 0 Å². The lowest BCUT2D eigenvalue weighted by Gasteiger charge is -2.09. The van der Waals surface area contributed by atoms with Gasteiger partial charge in [-0.2, -0.15) is 4.98 Å². The number of nitrogens with one attached hydrogen (secondary N) is 1. The van der Waals surface area contributed by atoms with Gasteiger partial charge in [0.15, 0.2) is 0 Å². The summed E-state index contributed by atoms with van der Waals surface area (Å²) in [4.78, 5) is 14.6. The van der Waals surface area contributed by atoms with Gasteiger partial charge in [0.25, 0.3) is 5.69 Å². The molecule has 1 atom stereocenters. The molecular formula is C14H18N4O3. The van der Waals surface area contributed by atoms with Gasteiger partial charge < -0.3 is 9.84 Å². The van der Waals surface area contributed by atoms with Crippen LogP contribution in [0, 0.1) is 10.1 Å². The first-order chi connectivity index (χ1) is 10.1. The third-order valence-corrected chi connectivity index (χ3v) is 3.13. The van der Waals surface area contributed by atoms with Crippen molar-refractivity contribution in [1.29, 1.82) is 0 Å². The predicted molar refractivity (Wildman–Crippen MR) is 77.8 cm³/mol. The predicted octanol–water partition coefficient (Wildman–Crippen LogP) is 2.58. The van der Waals surface area contributed by atoms with Crippen molar-refractivity contribution in [3.8, 4) is 11.4 Å². The van der Waals surface area contributed by atoms with E-state index >= 15 is 0 Å². The van der Waals surface area contributed by atoms with E-state index < -0.39 is 4.92 Å². The molecule has 1 N–H and O–H groups in total. The van der Waals surface area contributed by atoms with Gasteiger partial charge in [-0.05, 0) is 19.9 Å². The second kappa shape index (κ2) is 6.94. The number of aromatic nitrogens is 2. The SMILES string of the molecule is CCNC(C)CCc1nc(-c2cccc([N+](=O)[O-])c2)no1. The molecule has 2 rings (SSSR count). The van der Waals surface area contributed by atoms with Crippen molar-refractivity contribution in [1.82, 2.24) is 15.5 Å². The largest absolute Gasteiger partial charge is 0.339 e. The summed E-state index contributed by atoms with van der Waals surface area (Å²) in [6, 6.07) is 6.58. The van der Waals surface area contributed by atoms with Gasteiger partial charge in [0, 0.05) is 30.2 Å². The van der Waals surface area contributed by atoms with E-state index in [1.54, 1.807) is 12.1 Å². The van der Waals surface area contributed by atoms with Gasteiger partial charge >= 0.3 is 0 Å². The first kappa shape index (κ1) is 15.1. The van der Waals surface area contributed by atoms with Crippen molar-refractivity contribution in [2.24, 2.45) is 0 Å². The lowest BCUT2D eigenvalue weighted by atomic mass is 10.2. The molecule has 0 saturated heterocycles. The molecule has 0 aliphatic carbocycles. The Morgan fingerprint density at radius 1 is 1.48 bits per heavy atom. The molecule has 0 spiro atoms. The number of non-ortho nitro benzene ring substituents is 1. The standard InChI is InChI=1S/C14H18N4O3/c1-3-15-10(2)7-8-13-16-14(17-21-13)11-5-4-6-12(9-11)18(19)20/h4-6,9-10,15H,3,7-8H2,1-2H3. The number of hydrogen-bond donors (Lipinski definition) is 1. The van der Waals surface area contributed by atoms with Crippen molar-refractivity contribution >= 4 is 5.69 Å². The fourth-order valence-corrected chi connectivity index (χ4v) is 2.02. The smallest absolute Gasteiger partial charge is 0.270 e. The van der Waals surface area contributed by atoms with Crippen LogP contribution in [0.1, 0.15) is 26.2 Å². The Labute approximate surface area is 122 Å². The molecule has 1 aromatic heterocycles. The lowest BCUT2D eigenvalue weighted by molar-refractivity contribution is -0.384. The first-order valence-corrected chi connectivity index (χ1v) is 6.91. The Morgan fingerprint density at radius 3 is 3.00 bits per heavy atom. The average Bonchev–Trinajstić information content (AvgIpc) is 2.94. The van der Waals surface area contributed by atoms with Gasteiger partial charge in [-0.3, -0.25) is 10.1 Å². The molecule has 0 saturated carbocycles. The van der Waals surface area contributed by atoms with Crippen LogP contribution < -0.4 is 5.32 Å². The molecule has 1 aromatic carbocycles.